The molecule has 1 aliphatic carbocycles. The first kappa shape index (κ1) is 47.0. The Morgan fingerprint density at radius 3 is 1.77 bits per heavy atom. The molecule has 0 amide bonds. The van der Waals surface area contributed by atoms with Gasteiger partial charge in [0.15, 0.2) is 0 Å². The number of thiophene rings is 2. The number of benzene rings is 3. The van der Waals surface area contributed by atoms with Crippen molar-refractivity contribution in [3.05, 3.63) is 94.4 Å². The summed E-state index contributed by atoms with van der Waals surface area (Å²) in [7, 11) is 0. The number of hydrogen-bond acceptors (Lipinski definition) is 10. The molecule has 0 saturated carbocycles. The maximum Gasteiger partial charge on any atom is 0.346 e. The van der Waals surface area contributed by atoms with Crippen LogP contribution in [0.4, 0.5) is 17.1 Å². The predicted molar refractivity (Wildman–Crippen MR) is 268 cm³/mol. The first-order valence-corrected chi connectivity index (χ1v) is 25.9. The highest BCUT2D eigenvalue weighted by atomic mass is 32.1. The fraction of sp³-hybridized carbons (Fsp3) is 0.434. The van der Waals surface area contributed by atoms with E-state index in [4.69, 9.17) is 18.2 Å². The Kier molecular flexibility index (Phi) is 16.7. The number of unbranched alkanes of at least 4 members (excludes halogenated alkanes) is 10. The molecule has 3 aromatic carbocycles. The van der Waals surface area contributed by atoms with Crippen molar-refractivity contribution >= 4 is 74.5 Å². The number of carboxylic acid groups (broad SMARTS) is 1. The molecule has 0 aliphatic heterocycles. The SMILES string of the molecule is CCCCCCC1(CCCCCC)c2cc(/C=C(/C#N)C(=O)O)sc2-c2sc(-c3ccc(N(c4ccc(OCCCCC)cc4)c4ccc(OCCCCC)cc4)c4nsnc34)cc21. The smallest absolute Gasteiger partial charge is 0.346 e. The number of ether oxygens (including phenoxy) is 2. The molecule has 0 spiro atoms. The Morgan fingerprint density at radius 1 is 0.688 bits per heavy atom. The second-order valence-corrected chi connectivity index (χ2v) is 19.6. The number of aliphatic carboxylic acids is 1. The number of nitrogens with zero attached hydrogens (tertiary/aromatic N) is 4. The average molecular weight is 915 g/mol. The molecule has 0 saturated heterocycles. The lowest BCUT2D eigenvalue weighted by Gasteiger charge is -2.31. The largest absolute Gasteiger partial charge is 0.494 e. The highest BCUT2D eigenvalue weighted by molar-refractivity contribution is 7.24. The van der Waals surface area contributed by atoms with Crippen molar-refractivity contribution in [2.75, 3.05) is 18.1 Å². The zero-order valence-corrected chi connectivity index (χ0v) is 40.4. The van der Waals surface area contributed by atoms with Crippen LogP contribution in [-0.4, -0.2) is 33.0 Å². The van der Waals surface area contributed by atoms with E-state index >= 15 is 0 Å². The molecule has 0 fully saturated rings. The number of carbonyl (C=O) groups is 1. The van der Waals surface area contributed by atoms with Gasteiger partial charge in [-0.05, 0) is 116 Å². The number of rotatable bonds is 26. The van der Waals surface area contributed by atoms with Crippen molar-refractivity contribution in [2.24, 2.45) is 0 Å². The van der Waals surface area contributed by atoms with Gasteiger partial charge < -0.3 is 19.5 Å². The standard InChI is InChI=1S/C53H62N4O4S3/c1-5-9-13-15-29-53(30-16-14-10-6-2)44-34-42(33-37(36-54)52(58)59)62-50(44)51-45(53)35-47(63-51)43-27-28-46(49-48(43)55-64-56-49)57(38-19-23-40(24-20-38)60-31-17-11-7-3)39-21-25-41(26-22-39)61-32-18-12-8-4/h19-28,33-35H,5-18,29-32H2,1-4H3,(H,58,59)/b37-33-. The maximum absolute atomic E-state index is 11.9. The number of anilines is 3. The second kappa shape index (κ2) is 22.7. The molecule has 1 aliphatic rings. The highest BCUT2D eigenvalue weighted by Gasteiger charge is 2.45. The second-order valence-electron chi connectivity index (χ2n) is 17.0. The molecule has 8 nitrogen and oxygen atoms in total. The molecule has 3 aromatic heterocycles. The van der Waals surface area contributed by atoms with Gasteiger partial charge in [0.1, 0.15) is 34.2 Å². The molecule has 1 N–H and O–H groups in total. The van der Waals surface area contributed by atoms with Gasteiger partial charge in [-0.3, -0.25) is 0 Å². The summed E-state index contributed by atoms with van der Waals surface area (Å²) in [6.45, 7) is 10.3. The van der Waals surface area contributed by atoms with Crippen LogP contribution in [0.5, 0.6) is 11.5 Å². The normalized spacial score (nSPS) is 12.9. The lowest BCUT2D eigenvalue weighted by molar-refractivity contribution is -0.132. The summed E-state index contributed by atoms with van der Waals surface area (Å²) in [5.41, 5.74) is 7.93. The van der Waals surface area contributed by atoms with Gasteiger partial charge in [0.05, 0.1) is 30.6 Å². The van der Waals surface area contributed by atoms with Crippen molar-refractivity contribution < 1.29 is 19.4 Å². The molecule has 11 heteroatoms. The van der Waals surface area contributed by atoms with Gasteiger partial charge in [0.25, 0.3) is 0 Å². The van der Waals surface area contributed by atoms with Crippen molar-refractivity contribution in [1.29, 1.82) is 5.26 Å². The Balaban J connectivity index is 1.30. The molecule has 0 bridgehead atoms. The maximum atomic E-state index is 11.9. The molecule has 6 aromatic rings. The average Bonchev–Trinajstić information content (AvgIpc) is 4.12. The minimum Gasteiger partial charge on any atom is -0.494 e. The summed E-state index contributed by atoms with van der Waals surface area (Å²) in [6.07, 6.45) is 19.6. The number of fused-ring (bicyclic) bond motifs is 4. The van der Waals surface area contributed by atoms with Gasteiger partial charge >= 0.3 is 5.97 Å². The third-order valence-corrected chi connectivity index (χ3v) is 15.3. The molecule has 0 atom stereocenters. The first-order valence-electron chi connectivity index (χ1n) is 23.5. The van der Waals surface area contributed by atoms with Crippen molar-refractivity contribution in [2.45, 2.75) is 136 Å². The van der Waals surface area contributed by atoms with Gasteiger partial charge in [0.2, 0.25) is 0 Å². The summed E-state index contributed by atoms with van der Waals surface area (Å²) < 4.78 is 22.2. The summed E-state index contributed by atoms with van der Waals surface area (Å²) >= 11 is 4.66. The van der Waals surface area contributed by atoms with E-state index in [2.05, 4.69) is 105 Å². The van der Waals surface area contributed by atoms with Gasteiger partial charge in [-0.25, -0.2) is 4.79 Å². The highest BCUT2D eigenvalue weighted by Crippen LogP contribution is 2.61. The quantitative estimate of drug-likeness (QED) is 0.0326. The Morgan fingerprint density at radius 2 is 1.22 bits per heavy atom. The monoisotopic (exact) mass is 914 g/mol. The molecule has 64 heavy (non-hydrogen) atoms. The Labute approximate surface area is 391 Å². The molecule has 336 valence electrons. The minimum absolute atomic E-state index is 0.187. The van der Waals surface area contributed by atoms with E-state index in [1.807, 2.05) is 6.07 Å². The lowest BCUT2D eigenvalue weighted by Crippen LogP contribution is -2.25. The van der Waals surface area contributed by atoms with Crippen LogP contribution in [0.3, 0.4) is 0 Å². The number of aromatic nitrogens is 2. The lowest BCUT2D eigenvalue weighted by atomic mass is 9.71. The molecular weight excluding hydrogens is 853 g/mol. The van der Waals surface area contributed by atoms with E-state index in [1.54, 1.807) is 28.7 Å². The van der Waals surface area contributed by atoms with Gasteiger partial charge in [-0.1, -0.05) is 105 Å². The predicted octanol–water partition coefficient (Wildman–Crippen LogP) is 16.3. The van der Waals surface area contributed by atoms with Crippen LogP contribution in [0.25, 0.3) is 37.3 Å². The van der Waals surface area contributed by atoms with Crippen molar-refractivity contribution in [3.8, 4) is 37.8 Å². The van der Waals surface area contributed by atoms with Crippen LogP contribution in [0, 0.1) is 11.3 Å². The third-order valence-electron chi connectivity index (χ3n) is 12.4. The van der Waals surface area contributed by atoms with Gasteiger partial charge in [-0.2, -0.15) is 14.0 Å². The zero-order chi connectivity index (χ0) is 44.9. The summed E-state index contributed by atoms with van der Waals surface area (Å²) in [5.74, 6) is 0.512. The van der Waals surface area contributed by atoms with Crippen LogP contribution in [0.1, 0.15) is 146 Å². The van der Waals surface area contributed by atoms with Crippen LogP contribution in [0.15, 0.2) is 78.4 Å². The number of hydrogen-bond donors (Lipinski definition) is 1. The van der Waals surface area contributed by atoms with E-state index in [0.717, 1.165) is 119 Å². The zero-order valence-electron chi connectivity index (χ0n) is 37.9. The van der Waals surface area contributed by atoms with E-state index < -0.39 is 5.97 Å². The Bertz CT molecular complexity index is 2460. The fourth-order valence-electron chi connectivity index (χ4n) is 8.98. The number of carboxylic acids is 1. The third kappa shape index (κ3) is 10.6. The van der Waals surface area contributed by atoms with Crippen molar-refractivity contribution in [3.63, 3.8) is 0 Å². The Hall–Kier alpha value is -5.02. The van der Waals surface area contributed by atoms with Gasteiger partial charge in [-0.15, -0.1) is 22.7 Å². The molecule has 3 heterocycles. The molecular formula is C53H62N4O4S3. The molecule has 0 unspecified atom stereocenters. The first-order chi connectivity index (χ1) is 31.3. The van der Waals surface area contributed by atoms with Crippen LogP contribution in [0.2, 0.25) is 0 Å². The summed E-state index contributed by atoms with van der Waals surface area (Å²) in [4.78, 5) is 18.6. The summed E-state index contributed by atoms with van der Waals surface area (Å²) in [6, 6.07) is 27.6. The van der Waals surface area contributed by atoms with Crippen molar-refractivity contribution in [1.82, 2.24) is 8.75 Å². The van der Waals surface area contributed by atoms with Gasteiger partial charge in [0, 0.05) is 41.9 Å². The van der Waals surface area contributed by atoms with Crippen LogP contribution < -0.4 is 14.4 Å². The van der Waals surface area contributed by atoms with E-state index in [0.29, 0.717) is 13.2 Å². The summed E-state index contributed by atoms with van der Waals surface area (Å²) in [5, 5.41) is 19.4. The van der Waals surface area contributed by atoms with Crippen LogP contribution >= 0.6 is 34.4 Å². The van der Waals surface area contributed by atoms with E-state index in [1.165, 1.54) is 71.1 Å². The molecule has 7 rings (SSSR count). The molecule has 0 radical (unpaired) electrons. The fourth-order valence-corrected chi connectivity index (χ4v) is 12.2. The van der Waals surface area contributed by atoms with Crippen LogP contribution in [-0.2, 0) is 10.2 Å². The van der Waals surface area contributed by atoms with E-state index in [9.17, 15) is 15.2 Å². The number of nitriles is 1. The topological polar surface area (TPSA) is 109 Å². The van der Waals surface area contributed by atoms with E-state index in [-0.39, 0.29) is 11.0 Å². The minimum atomic E-state index is -1.20.